The molecule has 0 aliphatic heterocycles. The normalized spacial score (nSPS) is 27.1. The summed E-state index contributed by atoms with van der Waals surface area (Å²) < 4.78 is 24.1. The third-order valence-electron chi connectivity index (χ3n) is 2.92. The van der Waals surface area contributed by atoms with E-state index in [2.05, 4.69) is 0 Å². The summed E-state index contributed by atoms with van der Waals surface area (Å²) >= 11 is 0. The Hall–Kier alpha value is -1.87. The number of hydrogen-bond acceptors (Lipinski definition) is 4. The first-order valence-electron chi connectivity index (χ1n) is 4.89. The standard InChI is InChI=1S/C11H9NO4S/c12-7-11(10(13)14)6-9(11)17(15,16)8-4-2-1-3-5-8/h1-5,9H,6H2,(H,13,14)/t9-,11+/m1/s1. The lowest BCUT2D eigenvalue weighted by molar-refractivity contribution is -0.141. The van der Waals surface area contributed by atoms with E-state index >= 15 is 0 Å². The molecule has 88 valence electrons. The highest BCUT2D eigenvalue weighted by molar-refractivity contribution is 7.92. The van der Waals surface area contributed by atoms with E-state index in [0.717, 1.165) is 0 Å². The Kier molecular flexibility index (Phi) is 2.44. The summed E-state index contributed by atoms with van der Waals surface area (Å²) in [4.78, 5) is 11.0. The van der Waals surface area contributed by atoms with Gasteiger partial charge in [0, 0.05) is 0 Å². The Morgan fingerprint density at radius 3 is 2.41 bits per heavy atom. The molecule has 6 heteroatoms. The van der Waals surface area contributed by atoms with Crippen LogP contribution in [0.4, 0.5) is 0 Å². The average Bonchev–Trinajstić information content (AvgIpc) is 3.07. The van der Waals surface area contributed by atoms with Crippen LogP contribution in [0.25, 0.3) is 0 Å². The van der Waals surface area contributed by atoms with Crippen molar-refractivity contribution in [3.8, 4) is 6.07 Å². The van der Waals surface area contributed by atoms with Crippen LogP contribution in [0.1, 0.15) is 6.42 Å². The maximum absolute atomic E-state index is 12.1. The molecular weight excluding hydrogens is 242 g/mol. The maximum Gasteiger partial charge on any atom is 0.325 e. The predicted octanol–water partition coefficient (Wildman–Crippen LogP) is 0.827. The number of benzene rings is 1. The second kappa shape index (κ2) is 3.57. The van der Waals surface area contributed by atoms with Crippen LogP contribution in [-0.2, 0) is 14.6 Å². The maximum atomic E-state index is 12.1. The van der Waals surface area contributed by atoms with Crippen molar-refractivity contribution in [2.45, 2.75) is 16.6 Å². The smallest absolute Gasteiger partial charge is 0.325 e. The SMILES string of the molecule is N#C[C@@]1(C(=O)O)C[C@H]1S(=O)(=O)c1ccccc1. The quantitative estimate of drug-likeness (QED) is 0.858. The van der Waals surface area contributed by atoms with Gasteiger partial charge in [0.1, 0.15) is 0 Å². The van der Waals surface area contributed by atoms with Gasteiger partial charge in [-0.3, -0.25) is 4.79 Å². The van der Waals surface area contributed by atoms with Gasteiger partial charge in [0.25, 0.3) is 0 Å². The van der Waals surface area contributed by atoms with Gasteiger partial charge in [-0.1, -0.05) is 18.2 Å². The molecule has 0 saturated heterocycles. The van der Waals surface area contributed by atoms with E-state index in [0.29, 0.717) is 0 Å². The third kappa shape index (κ3) is 1.59. The lowest BCUT2D eigenvalue weighted by Crippen LogP contribution is -2.22. The zero-order valence-corrected chi connectivity index (χ0v) is 9.52. The Labute approximate surface area is 98.2 Å². The first-order chi connectivity index (χ1) is 7.95. The van der Waals surface area contributed by atoms with Gasteiger partial charge >= 0.3 is 5.97 Å². The predicted molar refractivity (Wildman–Crippen MR) is 57.7 cm³/mol. The molecule has 0 amide bonds. The van der Waals surface area contributed by atoms with E-state index < -0.39 is 26.5 Å². The fraction of sp³-hybridized carbons (Fsp3) is 0.273. The van der Waals surface area contributed by atoms with Crippen molar-refractivity contribution in [1.29, 1.82) is 5.26 Å². The van der Waals surface area contributed by atoms with Crippen LogP contribution in [0.3, 0.4) is 0 Å². The van der Waals surface area contributed by atoms with Gasteiger partial charge in [0.05, 0.1) is 16.2 Å². The number of hydrogen-bond donors (Lipinski definition) is 1. The fourth-order valence-corrected chi connectivity index (χ4v) is 3.80. The van der Waals surface area contributed by atoms with Gasteiger partial charge < -0.3 is 5.11 Å². The Bertz CT molecular complexity index is 602. The Balaban J connectivity index is 2.40. The zero-order valence-electron chi connectivity index (χ0n) is 8.70. The topological polar surface area (TPSA) is 95.2 Å². The number of aliphatic carboxylic acids is 1. The summed E-state index contributed by atoms with van der Waals surface area (Å²) in [6.45, 7) is 0. The zero-order chi connectivity index (χ0) is 12.7. The van der Waals surface area contributed by atoms with E-state index in [1.807, 2.05) is 0 Å². The number of carboxylic acids is 1. The number of carbonyl (C=O) groups is 1. The van der Waals surface area contributed by atoms with Crippen molar-refractivity contribution in [3.05, 3.63) is 30.3 Å². The van der Waals surface area contributed by atoms with Crippen LogP contribution in [-0.4, -0.2) is 24.7 Å². The molecule has 1 aromatic rings. The lowest BCUT2D eigenvalue weighted by Gasteiger charge is -2.04. The molecule has 2 atom stereocenters. The van der Waals surface area contributed by atoms with E-state index in [1.165, 1.54) is 12.1 Å². The highest BCUT2D eigenvalue weighted by atomic mass is 32.2. The number of nitrogens with zero attached hydrogens (tertiary/aromatic N) is 1. The summed E-state index contributed by atoms with van der Waals surface area (Å²) in [6, 6.07) is 9.19. The van der Waals surface area contributed by atoms with E-state index in [4.69, 9.17) is 10.4 Å². The first kappa shape index (κ1) is 11.6. The van der Waals surface area contributed by atoms with Crippen LogP contribution >= 0.6 is 0 Å². The summed E-state index contributed by atoms with van der Waals surface area (Å²) in [5.74, 6) is -1.37. The van der Waals surface area contributed by atoms with Crippen LogP contribution in [0.2, 0.25) is 0 Å². The molecule has 5 nitrogen and oxygen atoms in total. The minimum Gasteiger partial charge on any atom is -0.480 e. The minimum absolute atomic E-state index is 0.0587. The van der Waals surface area contributed by atoms with E-state index in [9.17, 15) is 13.2 Å². The molecule has 0 radical (unpaired) electrons. The van der Waals surface area contributed by atoms with Crippen LogP contribution in [0, 0.1) is 16.7 Å². The lowest BCUT2D eigenvalue weighted by atomic mass is 10.1. The molecule has 1 fully saturated rings. The molecule has 0 unspecified atom stereocenters. The third-order valence-corrected chi connectivity index (χ3v) is 5.17. The van der Waals surface area contributed by atoms with Crippen molar-refractivity contribution in [3.63, 3.8) is 0 Å². The van der Waals surface area contributed by atoms with Gasteiger partial charge in [-0.15, -0.1) is 0 Å². The molecule has 0 spiro atoms. The molecule has 2 rings (SSSR count). The molecule has 0 aromatic heterocycles. The molecule has 1 saturated carbocycles. The van der Waals surface area contributed by atoms with Crippen molar-refractivity contribution >= 4 is 15.8 Å². The number of rotatable bonds is 3. The summed E-state index contributed by atoms with van der Waals surface area (Å²) in [5, 5.41) is 16.6. The van der Waals surface area contributed by atoms with Crippen molar-refractivity contribution in [2.75, 3.05) is 0 Å². The number of nitriles is 1. The summed E-state index contributed by atoms with van der Waals surface area (Å²) in [7, 11) is -3.73. The molecule has 1 aromatic carbocycles. The highest BCUT2D eigenvalue weighted by Gasteiger charge is 2.68. The molecule has 0 heterocycles. The second-order valence-electron chi connectivity index (χ2n) is 3.94. The Morgan fingerprint density at radius 2 is 2.00 bits per heavy atom. The Morgan fingerprint density at radius 1 is 1.41 bits per heavy atom. The van der Waals surface area contributed by atoms with E-state index in [1.54, 1.807) is 24.3 Å². The van der Waals surface area contributed by atoms with Gasteiger partial charge in [-0.05, 0) is 18.6 Å². The number of sulfone groups is 1. The van der Waals surface area contributed by atoms with Gasteiger partial charge in [-0.2, -0.15) is 5.26 Å². The average molecular weight is 251 g/mol. The summed E-state index contributed by atoms with van der Waals surface area (Å²) in [5.41, 5.74) is -1.77. The van der Waals surface area contributed by atoms with Gasteiger partial charge in [0.15, 0.2) is 15.3 Å². The van der Waals surface area contributed by atoms with Crippen molar-refractivity contribution < 1.29 is 18.3 Å². The molecular formula is C11H9NO4S. The minimum atomic E-state index is -3.73. The van der Waals surface area contributed by atoms with Gasteiger partial charge in [0.2, 0.25) is 0 Å². The monoisotopic (exact) mass is 251 g/mol. The molecule has 17 heavy (non-hydrogen) atoms. The largest absolute Gasteiger partial charge is 0.480 e. The summed E-state index contributed by atoms with van der Waals surface area (Å²) in [6.07, 6.45) is -0.143. The van der Waals surface area contributed by atoms with Crippen LogP contribution < -0.4 is 0 Å². The molecule has 1 N–H and O–H groups in total. The van der Waals surface area contributed by atoms with Crippen molar-refractivity contribution in [1.82, 2.24) is 0 Å². The fourth-order valence-electron chi connectivity index (χ4n) is 1.77. The van der Waals surface area contributed by atoms with E-state index in [-0.39, 0.29) is 11.3 Å². The molecule has 0 bridgehead atoms. The second-order valence-corrected chi connectivity index (χ2v) is 6.07. The van der Waals surface area contributed by atoms with Crippen LogP contribution in [0.15, 0.2) is 35.2 Å². The van der Waals surface area contributed by atoms with Crippen LogP contribution in [0.5, 0.6) is 0 Å². The molecule has 1 aliphatic rings. The first-order valence-corrected chi connectivity index (χ1v) is 6.43. The molecule has 1 aliphatic carbocycles. The van der Waals surface area contributed by atoms with Gasteiger partial charge in [-0.25, -0.2) is 8.42 Å². The highest BCUT2D eigenvalue weighted by Crippen LogP contribution is 2.52. The number of carboxylic acid groups (broad SMARTS) is 1. The van der Waals surface area contributed by atoms with Crippen molar-refractivity contribution in [2.24, 2.45) is 5.41 Å².